The fourth-order valence-electron chi connectivity index (χ4n) is 2.76. The van der Waals surface area contributed by atoms with Crippen LogP contribution in [0.3, 0.4) is 0 Å². The molecule has 0 saturated carbocycles. The largest absolute Gasteiger partial charge is 0.477 e. The molecular formula is C15H25NO5. The van der Waals surface area contributed by atoms with E-state index in [2.05, 4.69) is 4.99 Å². The number of carbonyl (C=O) groups excluding carboxylic acids is 1. The maximum Gasteiger partial charge on any atom is 0.318 e. The Labute approximate surface area is 125 Å². The number of hydrogen-bond donors (Lipinski definition) is 0. The number of nitrogens with zero attached hydrogens (tertiary/aromatic N) is 1. The van der Waals surface area contributed by atoms with Gasteiger partial charge in [0.2, 0.25) is 0 Å². The Hall–Kier alpha value is -1.14. The van der Waals surface area contributed by atoms with E-state index < -0.39 is 12.2 Å². The predicted octanol–water partition coefficient (Wildman–Crippen LogP) is 1.91. The fourth-order valence-corrected chi connectivity index (χ4v) is 2.76. The van der Waals surface area contributed by atoms with Crippen LogP contribution in [0.1, 0.15) is 40.5 Å². The van der Waals surface area contributed by atoms with Gasteiger partial charge in [-0.2, -0.15) is 0 Å². The van der Waals surface area contributed by atoms with Crippen molar-refractivity contribution < 1.29 is 23.7 Å². The topological polar surface area (TPSA) is 66.4 Å². The highest BCUT2D eigenvalue weighted by molar-refractivity contribution is 5.98. The number of carbonyl (C=O) groups is 1. The first-order valence-corrected chi connectivity index (χ1v) is 7.57. The molecule has 0 amide bonds. The van der Waals surface area contributed by atoms with Crippen molar-refractivity contribution in [2.45, 2.75) is 58.5 Å². The molecular weight excluding hydrogens is 274 g/mol. The van der Waals surface area contributed by atoms with E-state index in [1.807, 2.05) is 20.8 Å². The van der Waals surface area contributed by atoms with Gasteiger partial charge in [0.15, 0.2) is 12.2 Å². The summed E-state index contributed by atoms with van der Waals surface area (Å²) < 4.78 is 21.8. The van der Waals surface area contributed by atoms with Crippen molar-refractivity contribution in [3.05, 3.63) is 0 Å². The first-order valence-electron chi connectivity index (χ1n) is 7.57. The molecule has 0 aromatic rings. The minimum Gasteiger partial charge on any atom is -0.477 e. The first-order chi connectivity index (χ1) is 9.91. The molecule has 2 aliphatic rings. The van der Waals surface area contributed by atoms with Crippen LogP contribution in [-0.2, 0) is 23.7 Å². The minimum atomic E-state index is -0.574. The number of rotatable bonds is 5. The zero-order valence-electron chi connectivity index (χ0n) is 13.3. The van der Waals surface area contributed by atoms with Crippen LogP contribution in [0.2, 0.25) is 0 Å². The van der Waals surface area contributed by atoms with Crippen LogP contribution in [0, 0.1) is 5.92 Å². The van der Waals surface area contributed by atoms with E-state index in [0.29, 0.717) is 32.1 Å². The summed E-state index contributed by atoms with van der Waals surface area (Å²) in [6, 6.07) is 0. The molecule has 2 atom stereocenters. The molecule has 0 spiro atoms. The lowest BCUT2D eigenvalue weighted by atomic mass is 9.94. The maximum atomic E-state index is 12.3. The molecule has 0 aliphatic carbocycles. The van der Waals surface area contributed by atoms with Crippen LogP contribution >= 0.6 is 0 Å². The van der Waals surface area contributed by atoms with Gasteiger partial charge >= 0.3 is 5.97 Å². The highest BCUT2D eigenvalue weighted by atomic mass is 16.7. The molecule has 2 heterocycles. The Morgan fingerprint density at radius 1 is 1.43 bits per heavy atom. The molecule has 2 aliphatic heterocycles. The van der Waals surface area contributed by atoms with Crippen LogP contribution in [0.25, 0.3) is 0 Å². The van der Waals surface area contributed by atoms with Crippen molar-refractivity contribution in [3.63, 3.8) is 0 Å². The Kier molecular flexibility index (Phi) is 5.22. The number of aliphatic imine (C=N–C) groups is 1. The second kappa shape index (κ2) is 6.75. The summed E-state index contributed by atoms with van der Waals surface area (Å²) in [5, 5.41) is 0. The summed E-state index contributed by atoms with van der Waals surface area (Å²) in [6.45, 7) is 9.28. The quantitative estimate of drug-likeness (QED) is 0.726. The van der Waals surface area contributed by atoms with E-state index in [1.54, 1.807) is 6.92 Å². The van der Waals surface area contributed by atoms with Crippen molar-refractivity contribution in [1.29, 1.82) is 0 Å². The highest BCUT2D eigenvalue weighted by Crippen LogP contribution is 2.28. The molecule has 0 aromatic heterocycles. The van der Waals surface area contributed by atoms with Gasteiger partial charge in [0.1, 0.15) is 5.92 Å². The fraction of sp³-hybridized carbons (Fsp3) is 0.867. The van der Waals surface area contributed by atoms with Crippen molar-refractivity contribution in [1.82, 2.24) is 0 Å². The molecule has 6 nitrogen and oxygen atoms in total. The van der Waals surface area contributed by atoms with Gasteiger partial charge in [-0.25, -0.2) is 4.99 Å². The van der Waals surface area contributed by atoms with Crippen LogP contribution in [0.5, 0.6) is 0 Å². The van der Waals surface area contributed by atoms with E-state index in [-0.39, 0.29) is 17.6 Å². The predicted molar refractivity (Wildman–Crippen MR) is 77.1 cm³/mol. The molecule has 1 fully saturated rings. The second-order valence-corrected chi connectivity index (χ2v) is 6.11. The lowest BCUT2D eigenvalue weighted by Crippen LogP contribution is -2.41. The minimum absolute atomic E-state index is 0.0230. The molecule has 21 heavy (non-hydrogen) atoms. The van der Waals surface area contributed by atoms with Gasteiger partial charge in [-0.15, -0.1) is 0 Å². The number of esters is 1. The van der Waals surface area contributed by atoms with E-state index in [1.165, 1.54) is 0 Å². The van der Waals surface area contributed by atoms with E-state index in [9.17, 15) is 4.79 Å². The molecule has 120 valence electrons. The van der Waals surface area contributed by atoms with Gasteiger partial charge in [0.25, 0.3) is 0 Å². The van der Waals surface area contributed by atoms with Gasteiger partial charge in [0, 0.05) is 12.8 Å². The Bertz CT molecular complexity index is 401. The summed E-state index contributed by atoms with van der Waals surface area (Å²) in [7, 11) is 0. The summed E-state index contributed by atoms with van der Waals surface area (Å²) in [5.74, 6) is -0.466. The van der Waals surface area contributed by atoms with Crippen molar-refractivity contribution >= 4 is 11.9 Å². The third-order valence-electron chi connectivity index (χ3n) is 3.51. The van der Waals surface area contributed by atoms with Gasteiger partial charge in [-0.05, 0) is 27.7 Å². The summed E-state index contributed by atoms with van der Waals surface area (Å²) in [4.78, 5) is 16.8. The molecule has 0 bridgehead atoms. The standard InChI is InChI=1S/C15H25NO5/c1-5-18-14(17)11(8-12-19-6-7-20-12)13-16-15(3,4)9-10(2)21-13/h10-12H,5-9H2,1-4H3/t10-,11+/m1/s1. The van der Waals surface area contributed by atoms with Gasteiger partial charge in [-0.1, -0.05) is 0 Å². The van der Waals surface area contributed by atoms with Gasteiger partial charge < -0.3 is 18.9 Å². The highest BCUT2D eigenvalue weighted by Gasteiger charge is 2.38. The number of ether oxygens (including phenoxy) is 4. The zero-order valence-corrected chi connectivity index (χ0v) is 13.3. The first kappa shape index (κ1) is 16.2. The molecule has 0 aromatic carbocycles. The van der Waals surface area contributed by atoms with Crippen LogP contribution in [0.15, 0.2) is 4.99 Å². The summed E-state index contributed by atoms with van der Waals surface area (Å²) in [6.07, 6.45) is 0.823. The molecule has 0 radical (unpaired) electrons. The summed E-state index contributed by atoms with van der Waals surface area (Å²) in [5.41, 5.74) is -0.241. The van der Waals surface area contributed by atoms with Crippen molar-refractivity contribution in [2.75, 3.05) is 19.8 Å². The monoisotopic (exact) mass is 299 g/mol. The average Bonchev–Trinajstić information content (AvgIpc) is 2.86. The third kappa shape index (κ3) is 4.41. The molecule has 1 saturated heterocycles. The van der Waals surface area contributed by atoms with Crippen LogP contribution < -0.4 is 0 Å². The lowest BCUT2D eigenvalue weighted by molar-refractivity contribution is -0.149. The van der Waals surface area contributed by atoms with E-state index >= 15 is 0 Å². The van der Waals surface area contributed by atoms with Gasteiger partial charge in [-0.3, -0.25) is 4.79 Å². The van der Waals surface area contributed by atoms with Crippen LogP contribution in [-0.4, -0.2) is 49.6 Å². The summed E-state index contributed by atoms with van der Waals surface area (Å²) >= 11 is 0. The lowest BCUT2D eigenvalue weighted by Gasteiger charge is -2.34. The van der Waals surface area contributed by atoms with Gasteiger partial charge in [0.05, 0.1) is 31.5 Å². The molecule has 2 rings (SSSR count). The molecule has 6 heteroatoms. The Balaban J connectivity index is 2.16. The van der Waals surface area contributed by atoms with E-state index in [0.717, 1.165) is 6.42 Å². The second-order valence-electron chi connectivity index (χ2n) is 6.11. The van der Waals surface area contributed by atoms with Crippen molar-refractivity contribution in [2.24, 2.45) is 10.9 Å². The maximum absolute atomic E-state index is 12.3. The normalized spacial score (nSPS) is 26.9. The SMILES string of the molecule is CCOC(=O)[C@@H](CC1OCCO1)C1=NC(C)(C)C[C@@H](C)O1. The molecule has 0 N–H and O–H groups in total. The average molecular weight is 299 g/mol. The smallest absolute Gasteiger partial charge is 0.318 e. The third-order valence-corrected chi connectivity index (χ3v) is 3.51. The Morgan fingerprint density at radius 3 is 2.67 bits per heavy atom. The number of hydrogen-bond acceptors (Lipinski definition) is 6. The Morgan fingerprint density at radius 2 is 2.10 bits per heavy atom. The van der Waals surface area contributed by atoms with Crippen molar-refractivity contribution in [3.8, 4) is 0 Å². The van der Waals surface area contributed by atoms with E-state index in [4.69, 9.17) is 18.9 Å². The zero-order chi connectivity index (χ0) is 15.5. The molecule has 0 unspecified atom stereocenters. The van der Waals surface area contributed by atoms with Crippen LogP contribution in [0.4, 0.5) is 0 Å².